The van der Waals surface area contributed by atoms with Crippen LogP contribution in [0.4, 0.5) is 9.59 Å². The first-order valence-electron chi connectivity index (χ1n) is 10.9. The number of hydrogen-bond donors (Lipinski definition) is 0. The number of rotatable bonds is 8. The van der Waals surface area contributed by atoms with Crippen LogP contribution >= 0.6 is 0 Å². The van der Waals surface area contributed by atoms with E-state index in [-0.39, 0.29) is 17.5 Å². The summed E-state index contributed by atoms with van der Waals surface area (Å²) in [6.45, 7) is 5.38. The van der Waals surface area contributed by atoms with E-state index < -0.39 is 42.1 Å². The second-order valence-corrected chi connectivity index (χ2v) is 8.07. The summed E-state index contributed by atoms with van der Waals surface area (Å²) in [5.74, 6) is -7.65. The summed E-state index contributed by atoms with van der Waals surface area (Å²) in [6.07, 6.45) is -3.53. The molecule has 2 aliphatic heterocycles. The lowest BCUT2D eigenvalue weighted by atomic mass is 10.0. The third-order valence-corrected chi connectivity index (χ3v) is 5.36. The van der Waals surface area contributed by atoms with Crippen molar-refractivity contribution in [1.29, 1.82) is 0 Å². The van der Waals surface area contributed by atoms with E-state index in [1.165, 1.54) is 24.3 Å². The number of aryl methyl sites for hydroxylation is 2. The van der Waals surface area contributed by atoms with Gasteiger partial charge in [-0.3, -0.25) is 9.78 Å². The highest BCUT2D eigenvalue weighted by molar-refractivity contribution is 5.89. The average Bonchev–Trinajstić information content (AvgIpc) is 3.31. The van der Waals surface area contributed by atoms with Crippen molar-refractivity contribution in [2.75, 3.05) is 0 Å². The molecule has 12 nitrogen and oxygen atoms in total. The van der Waals surface area contributed by atoms with Crippen LogP contribution in [0.15, 0.2) is 48.5 Å². The van der Waals surface area contributed by atoms with Gasteiger partial charge in [-0.15, -0.1) is 0 Å². The van der Waals surface area contributed by atoms with Crippen molar-refractivity contribution in [3.8, 4) is 0 Å². The van der Waals surface area contributed by atoms with Gasteiger partial charge in [-0.25, -0.2) is 19.2 Å². The van der Waals surface area contributed by atoms with Gasteiger partial charge < -0.3 is 18.9 Å². The van der Waals surface area contributed by atoms with Gasteiger partial charge in [0, 0.05) is 0 Å². The van der Waals surface area contributed by atoms with Gasteiger partial charge in [0.1, 0.15) is 0 Å². The van der Waals surface area contributed by atoms with E-state index in [0.29, 0.717) is 6.42 Å². The van der Waals surface area contributed by atoms with Gasteiger partial charge in [-0.2, -0.15) is 0 Å². The molecule has 2 fully saturated rings. The molecule has 36 heavy (non-hydrogen) atoms. The van der Waals surface area contributed by atoms with Crippen molar-refractivity contribution in [2.24, 2.45) is 0 Å². The van der Waals surface area contributed by atoms with E-state index >= 15 is 0 Å². The van der Waals surface area contributed by atoms with Crippen LogP contribution in [0, 0.1) is 13.8 Å². The van der Waals surface area contributed by atoms with Crippen molar-refractivity contribution in [1.82, 2.24) is 0 Å². The lowest BCUT2D eigenvalue weighted by Crippen LogP contribution is -2.61. The van der Waals surface area contributed by atoms with Gasteiger partial charge in [0.05, 0.1) is 11.1 Å². The van der Waals surface area contributed by atoms with Crippen molar-refractivity contribution in [3.05, 3.63) is 70.8 Å². The van der Waals surface area contributed by atoms with E-state index in [1.54, 1.807) is 31.2 Å². The first kappa shape index (κ1) is 24.9. The van der Waals surface area contributed by atoms with Crippen LogP contribution in [-0.2, 0) is 38.5 Å². The first-order chi connectivity index (χ1) is 17.2. The number of cyclic esters (lactones) is 2. The maximum absolute atomic E-state index is 12.6. The number of ether oxygens (including phenoxy) is 4. The molecule has 190 valence electrons. The van der Waals surface area contributed by atoms with E-state index in [2.05, 4.69) is 0 Å². The summed E-state index contributed by atoms with van der Waals surface area (Å²) in [5, 5.41) is 0. The van der Waals surface area contributed by atoms with E-state index in [0.717, 1.165) is 11.1 Å². The Hall–Kier alpha value is -4.16. The number of benzene rings is 2. The monoisotopic (exact) mass is 502 g/mol. The Balaban J connectivity index is 1.64. The topological polar surface area (TPSA) is 142 Å². The smallest absolute Gasteiger partial charge is 0.422 e. The number of carbonyl (C=O) groups excluding carboxylic acids is 4. The molecular weight excluding hydrogens is 480 g/mol. The molecule has 2 heterocycles. The fourth-order valence-electron chi connectivity index (χ4n) is 3.48. The Morgan fingerprint density at radius 2 is 1.25 bits per heavy atom. The molecule has 0 saturated carbocycles. The first-order valence-corrected chi connectivity index (χ1v) is 10.9. The predicted molar refractivity (Wildman–Crippen MR) is 115 cm³/mol. The Morgan fingerprint density at radius 1 is 0.778 bits per heavy atom. The molecule has 12 heteroatoms. The molecule has 0 aromatic heterocycles. The number of carbonyl (C=O) groups is 4. The highest BCUT2D eigenvalue weighted by Crippen LogP contribution is 2.48. The van der Waals surface area contributed by atoms with Gasteiger partial charge >= 0.3 is 36.0 Å². The van der Waals surface area contributed by atoms with Gasteiger partial charge in [0.25, 0.3) is 0 Å². The molecule has 2 unspecified atom stereocenters. The van der Waals surface area contributed by atoms with Gasteiger partial charge in [0.2, 0.25) is 0 Å². The van der Waals surface area contributed by atoms with E-state index in [9.17, 15) is 19.2 Å². The normalized spacial score (nSPS) is 21.8. The summed E-state index contributed by atoms with van der Waals surface area (Å²) in [7, 11) is 0. The molecule has 2 aromatic rings. The van der Waals surface area contributed by atoms with Gasteiger partial charge in [0.15, 0.2) is 6.10 Å². The second-order valence-electron chi connectivity index (χ2n) is 8.07. The zero-order chi connectivity index (χ0) is 25.9. The maximum atomic E-state index is 12.6. The molecule has 0 amide bonds. The molecule has 0 aliphatic carbocycles. The minimum absolute atomic E-state index is 0.0662. The highest BCUT2D eigenvalue weighted by Gasteiger charge is 2.81. The molecule has 2 atom stereocenters. The van der Waals surface area contributed by atoms with Gasteiger partial charge in [-0.1, -0.05) is 58.5 Å². The van der Waals surface area contributed by atoms with Crippen LogP contribution in [-0.4, -0.2) is 42.1 Å². The molecule has 2 saturated heterocycles. The lowest BCUT2D eigenvalue weighted by Gasteiger charge is -2.32. The summed E-state index contributed by atoms with van der Waals surface area (Å²) >= 11 is 0. The third-order valence-electron chi connectivity index (χ3n) is 5.36. The molecule has 1 spiro atoms. The Kier molecular flexibility index (Phi) is 6.82. The maximum Gasteiger partial charge on any atom is 0.516 e. The predicted octanol–water partition coefficient (Wildman–Crippen LogP) is 4.03. The van der Waals surface area contributed by atoms with Crippen LogP contribution in [0.5, 0.6) is 0 Å². The fraction of sp³-hybridized carbons (Fsp3) is 0.333. The van der Waals surface area contributed by atoms with Crippen molar-refractivity contribution < 1.29 is 57.7 Å². The zero-order valence-corrected chi connectivity index (χ0v) is 19.5. The summed E-state index contributed by atoms with van der Waals surface area (Å²) < 4.78 is 20.3. The second kappa shape index (κ2) is 9.84. The average molecular weight is 502 g/mol. The fourth-order valence-corrected chi connectivity index (χ4v) is 3.48. The van der Waals surface area contributed by atoms with Crippen LogP contribution in [0.25, 0.3) is 0 Å². The summed E-state index contributed by atoms with van der Waals surface area (Å²) in [4.78, 5) is 69.3. The van der Waals surface area contributed by atoms with E-state index in [1.807, 2.05) is 13.8 Å². The van der Waals surface area contributed by atoms with Crippen LogP contribution in [0.3, 0.4) is 0 Å². The molecular formula is C24H22O12. The Bertz CT molecular complexity index is 1090. The van der Waals surface area contributed by atoms with Crippen molar-refractivity contribution in [3.63, 3.8) is 0 Å². The minimum Gasteiger partial charge on any atom is -0.422 e. The highest BCUT2D eigenvalue weighted by atomic mass is 17.4. The third kappa shape index (κ3) is 4.68. The molecule has 2 aliphatic rings. The molecule has 4 rings (SSSR count). The van der Waals surface area contributed by atoms with E-state index in [4.69, 9.17) is 38.5 Å². The molecule has 2 aromatic carbocycles. The molecule has 0 radical (unpaired) electrons. The van der Waals surface area contributed by atoms with Crippen LogP contribution < -0.4 is 0 Å². The Morgan fingerprint density at radius 3 is 1.72 bits per heavy atom. The summed E-state index contributed by atoms with van der Waals surface area (Å²) in [5.41, 5.74) is 1.89. The van der Waals surface area contributed by atoms with Crippen molar-refractivity contribution in [2.45, 2.75) is 51.5 Å². The molecule has 0 N–H and O–H groups in total. The largest absolute Gasteiger partial charge is 0.516 e. The Labute approximate surface area is 204 Å². The standard InChI is InChI=1S/C24H22O12/c1-4-5-18-23(30-21(27)29-18)24(32-22(28)31-23,35-33-19(25)16-10-6-14(2)7-11-16)36-34-20(26)17-12-8-15(3)9-13-17/h6-13,18H,4-5H2,1-3H3. The van der Waals surface area contributed by atoms with Crippen LogP contribution in [0.1, 0.15) is 51.6 Å². The summed E-state index contributed by atoms with van der Waals surface area (Å²) in [6, 6.07) is 12.4. The lowest BCUT2D eigenvalue weighted by molar-refractivity contribution is -0.571. The van der Waals surface area contributed by atoms with Crippen molar-refractivity contribution >= 4 is 24.2 Å². The minimum atomic E-state index is -3.02. The SMILES string of the molecule is CCCC1OC(=O)OC12OC(=O)OC2(OOC(=O)c1ccc(C)cc1)OOC(=O)c1ccc(C)cc1. The van der Waals surface area contributed by atoms with Gasteiger partial charge in [-0.05, 0) is 44.5 Å². The number of hydrogen-bond acceptors (Lipinski definition) is 12. The quantitative estimate of drug-likeness (QED) is 0.222. The molecule has 0 bridgehead atoms. The van der Waals surface area contributed by atoms with Crippen LogP contribution in [0.2, 0.25) is 0 Å². The zero-order valence-electron chi connectivity index (χ0n) is 19.5.